The van der Waals surface area contributed by atoms with Crippen molar-refractivity contribution < 1.29 is 9.90 Å². The van der Waals surface area contributed by atoms with Crippen LogP contribution in [-0.2, 0) is 4.79 Å². The Morgan fingerprint density at radius 3 is 2.78 bits per heavy atom. The molecule has 0 bridgehead atoms. The molecule has 0 aliphatic carbocycles. The zero-order valence-corrected chi connectivity index (χ0v) is 23.1. The highest BCUT2D eigenvalue weighted by atomic mass is 35.5. The van der Waals surface area contributed by atoms with E-state index in [1.54, 1.807) is 6.07 Å². The standard InChI is InChI=1S/C27H34Cl2N6O2/c1-16-15-33(12-10-23(16)34-11-4-5-20(34)7-9-25(36)37)24-14-30-26-17(2)32-35(27(26)31-24)18(3)21-8-6-19(28)13-22(21)29/h6,8,13-14,16,18,20,23H,4-5,7,9-12,15H2,1-3H3,(H,36,37)/t16-,18-,20?,23?/m1/s1. The molecule has 2 aliphatic heterocycles. The van der Waals surface area contributed by atoms with Gasteiger partial charge in [-0.3, -0.25) is 9.69 Å². The zero-order valence-electron chi connectivity index (χ0n) is 21.6. The van der Waals surface area contributed by atoms with Gasteiger partial charge in [0.25, 0.3) is 0 Å². The number of anilines is 1. The van der Waals surface area contributed by atoms with Gasteiger partial charge in [0.15, 0.2) is 5.65 Å². The molecular weight excluding hydrogens is 511 g/mol. The van der Waals surface area contributed by atoms with Crippen molar-refractivity contribution in [2.75, 3.05) is 24.5 Å². The highest BCUT2D eigenvalue weighted by Gasteiger charge is 2.37. The van der Waals surface area contributed by atoms with Gasteiger partial charge in [-0.25, -0.2) is 14.6 Å². The van der Waals surface area contributed by atoms with E-state index in [-0.39, 0.29) is 12.5 Å². The Bertz CT molecular complexity index is 1300. The van der Waals surface area contributed by atoms with Crippen LogP contribution in [0.25, 0.3) is 11.2 Å². The summed E-state index contributed by atoms with van der Waals surface area (Å²) >= 11 is 12.6. The Labute approximate surface area is 227 Å². The van der Waals surface area contributed by atoms with Crippen LogP contribution in [-0.4, -0.2) is 67.4 Å². The van der Waals surface area contributed by atoms with Crippen molar-refractivity contribution in [1.82, 2.24) is 24.6 Å². The molecule has 4 heterocycles. The van der Waals surface area contributed by atoms with Crippen LogP contribution in [0.1, 0.15) is 63.3 Å². The van der Waals surface area contributed by atoms with Crippen LogP contribution in [0.4, 0.5) is 5.82 Å². The van der Waals surface area contributed by atoms with Gasteiger partial charge in [-0.1, -0.05) is 36.2 Å². The van der Waals surface area contributed by atoms with E-state index in [4.69, 9.17) is 43.4 Å². The molecule has 37 heavy (non-hydrogen) atoms. The molecule has 2 saturated heterocycles. The minimum atomic E-state index is -0.703. The first-order valence-electron chi connectivity index (χ1n) is 13.1. The minimum Gasteiger partial charge on any atom is -0.481 e. The molecular formula is C27H34Cl2N6O2. The third-order valence-corrected chi connectivity index (χ3v) is 8.62. The molecule has 8 nitrogen and oxygen atoms in total. The predicted octanol–water partition coefficient (Wildman–Crippen LogP) is 5.59. The van der Waals surface area contributed by atoms with E-state index in [0.29, 0.717) is 28.0 Å². The van der Waals surface area contributed by atoms with Gasteiger partial charge >= 0.3 is 5.97 Å². The Kier molecular flexibility index (Phi) is 7.61. The summed E-state index contributed by atoms with van der Waals surface area (Å²) in [6, 6.07) is 6.24. The van der Waals surface area contributed by atoms with Crippen LogP contribution in [0.2, 0.25) is 10.0 Å². The maximum absolute atomic E-state index is 11.1. The van der Waals surface area contributed by atoms with Crippen molar-refractivity contribution in [3.8, 4) is 0 Å². The lowest BCUT2D eigenvalue weighted by Gasteiger charge is -2.43. The number of carboxylic acid groups (broad SMARTS) is 1. The summed E-state index contributed by atoms with van der Waals surface area (Å²) in [6.45, 7) is 9.15. The first-order chi connectivity index (χ1) is 17.7. The number of benzene rings is 1. The minimum absolute atomic E-state index is 0.131. The highest BCUT2D eigenvalue weighted by Crippen LogP contribution is 2.34. The number of likely N-dealkylation sites (tertiary alicyclic amines) is 1. The van der Waals surface area contributed by atoms with E-state index in [9.17, 15) is 4.79 Å². The first-order valence-corrected chi connectivity index (χ1v) is 13.9. The van der Waals surface area contributed by atoms with E-state index < -0.39 is 5.97 Å². The average Bonchev–Trinajstić information content (AvgIpc) is 3.46. The number of hydrogen-bond acceptors (Lipinski definition) is 6. The van der Waals surface area contributed by atoms with Crippen LogP contribution < -0.4 is 4.90 Å². The van der Waals surface area contributed by atoms with Gasteiger partial charge in [0.05, 0.1) is 17.9 Å². The van der Waals surface area contributed by atoms with Gasteiger partial charge in [0.2, 0.25) is 0 Å². The van der Waals surface area contributed by atoms with Gasteiger partial charge in [-0.05, 0) is 69.7 Å². The molecule has 2 fully saturated rings. The Morgan fingerprint density at radius 1 is 1.24 bits per heavy atom. The maximum Gasteiger partial charge on any atom is 0.303 e. The number of carbonyl (C=O) groups is 1. The summed E-state index contributed by atoms with van der Waals surface area (Å²) in [4.78, 5) is 25.8. The number of aliphatic carboxylic acids is 1. The third-order valence-electron chi connectivity index (χ3n) is 8.06. The second-order valence-electron chi connectivity index (χ2n) is 10.5. The Hall–Kier alpha value is -2.42. The van der Waals surface area contributed by atoms with Crippen molar-refractivity contribution in [2.45, 2.75) is 71.0 Å². The number of fused-ring (bicyclic) bond motifs is 1. The van der Waals surface area contributed by atoms with Crippen LogP contribution in [0.15, 0.2) is 24.4 Å². The molecule has 5 rings (SSSR count). The molecule has 1 aromatic carbocycles. The summed E-state index contributed by atoms with van der Waals surface area (Å²) < 4.78 is 1.91. The predicted molar refractivity (Wildman–Crippen MR) is 147 cm³/mol. The number of halogens is 2. The molecule has 0 amide bonds. The summed E-state index contributed by atoms with van der Waals surface area (Å²) in [5.41, 5.74) is 3.30. The summed E-state index contributed by atoms with van der Waals surface area (Å²) in [6.07, 6.45) is 6.12. The van der Waals surface area contributed by atoms with Crippen molar-refractivity contribution in [2.24, 2.45) is 5.92 Å². The van der Waals surface area contributed by atoms with Gasteiger partial charge in [0.1, 0.15) is 11.3 Å². The van der Waals surface area contributed by atoms with Gasteiger partial charge in [-0.2, -0.15) is 5.10 Å². The van der Waals surface area contributed by atoms with Crippen LogP contribution in [0, 0.1) is 12.8 Å². The first kappa shape index (κ1) is 26.2. The number of aryl methyl sites for hydroxylation is 1. The SMILES string of the molecule is Cc1nn([C@H](C)c2ccc(Cl)cc2Cl)c2nc(N3CCC(N4CCCC4CCC(=O)O)[C@H](C)C3)cnc12. The maximum atomic E-state index is 11.1. The topological polar surface area (TPSA) is 87.4 Å². The molecule has 1 N–H and O–H groups in total. The number of nitrogens with zero attached hydrogens (tertiary/aromatic N) is 6. The van der Waals surface area contributed by atoms with Crippen molar-refractivity contribution in [3.05, 3.63) is 45.7 Å². The summed E-state index contributed by atoms with van der Waals surface area (Å²) in [7, 11) is 0. The van der Waals surface area contributed by atoms with Gasteiger partial charge in [0, 0.05) is 41.6 Å². The number of rotatable bonds is 7. The van der Waals surface area contributed by atoms with Crippen LogP contribution >= 0.6 is 23.2 Å². The molecule has 0 saturated carbocycles. The number of piperidine rings is 1. The Balaban J connectivity index is 1.36. The summed E-state index contributed by atoms with van der Waals surface area (Å²) in [5, 5.41) is 15.1. The van der Waals surface area contributed by atoms with E-state index >= 15 is 0 Å². The Morgan fingerprint density at radius 2 is 2.05 bits per heavy atom. The zero-order chi connectivity index (χ0) is 26.3. The molecule has 3 aromatic rings. The lowest BCUT2D eigenvalue weighted by molar-refractivity contribution is -0.137. The average molecular weight is 546 g/mol. The van der Waals surface area contributed by atoms with Gasteiger partial charge in [-0.15, -0.1) is 0 Å². The lowest BCUT2D eigenvalue weighted by Crippen LogP contribution is -2.52. The fourth-order valence-corrected chi connectivity index (χ4v) is 6.73. The highest BCUT2D eigenvalue weighted by molar-refractivity contribution is 6.35. The second-order valence-corrected chi connectivity index (χ2v) is 11.4. The van der Waals surface area contributed by atoms with Crippen molar-refractivity contribution >= 4 is 46.2 Å². The molecule has 2 aromatic heterocycles. The quantitative estimate of drug-likeness (QED) is 0.414. The van der Waals surface area contributed by atoms with E-state index in [0.717, 1.165) is 73.6 Å². The number of aromatic nitrogens is 4. The molecule has 198 valence electrons. The van der Waals surface area contributed by atoms with E-state index in [1.165, 1.54) is 0 Å². The molecule has 10 heteroatoms. The number of hydrogen-bond donors (Lipinski definition) is 1. The lowest BCUT2D eigenvalue weighted by atomic mass is 9.91. The molecule has 0 spiro atoms. The van der Waals surface area contributed by atoms with Crippen molar-refractivity contribution in [1.29, 1.82) is 0 Å². The third kappa shape index (κ3) is 5.29. The van der Waals surface area contributed by atoms with Gasteiger partial charge < -0.3 is 10.0 Å². The van der Waals surface area contributed by atoms with Crippen LogP contribution in [0.3, 0.4) is 0 Å². The monoisotopic (exact) mass is 544 g/mol. The van der Waals surface area contributed by atoms with Crippen molar-refractivity contribution in [3.63, 3.8) is 0 Å². The largest absolute Gasteiger partial charge is 0.481 e. The fraction of sp³-hybridized carbons (Fsp3) is 0.556. The summed E-state index contributed by atoms with van der Waals surface area (Å²) in [5.74, 6) is 0.595. The van der Waals surface area contributed by atoms with E-state index in [1.807, 2.05) is 29.9 Å². The normalized spacial score (nSPS) is 23.6. The van der Waals surface area contributed by atoms with Crippen LogP contribution in [0.5, 0.6) is 0 Å². The fourth-order valence-electron chi connectivity index (χ4n) is 6.16. The second kappa shape index (κ2) is 10.8. The molecule has 4 atom stereocenters. The molecule has 2 aliphatic rings. The smallest absolute Gasteiger partial charge is 0.303 e. The van der Waals surface area contributed by atoms with E-state index in [2.05, 4.69) is 23.6 Å². The molecule has 0 radical (unpaired) electrons. The number of carboxylic acids is 1. The molecule has 2 unspecified atom stereocenters.